The topological polar surface area (TPSA) is 91.5 Å². The Morgan fingerprint density at radius 3 is 2.63 bits per heavy atom. The van der Waals surface area contributed by atoms with E-state index in [-0.39, 0.29) is 11.4 Å². The number of benzene rings is 1. The van der Waals surface area contributed by atoms with Gasteiger partial charge in [-0.1, -0.05) is 5.21 Å². The van der Waals surface area contributed by atoms with Crippen LogP contribution in [0.2, 0.25) is 0 Å². The molecule has 0 atom stereocenters. The molecule has 100 valence electrons. The first-order valence-corrected chi connectivity index (χ1v) is 5.70. The lowest BCUT2D eigenvalue weighted by Crippen LogP contribution is -2.22. The molecule has 0 bridgehead atoms. The van der Waals surface area contributed by atoms with Crippen molar-refractivity contribution < 1.29 is 15.0 Å². The number of rotatable bonds is 5. The Labute approximate surface area is 109 Å². The smallest absolute Gasteiger partial charge is 0.358 e. The van der Waals surface area contributed by atoms with E-state index in [1.165, 1.54) is 10.9 Å². The highest BCUT2D eigenvalue weighted by atomic mass is 16.4. The number of phenolic OH excluding ortho intramolecular Hbond substituents is 1. The highest BCUT2D eigenvalue weighted by Crippen LogP contribution is 2.16. The number of anilines is 1. The molecule has 0 aliphatic rings. The number of likely N-dealkylation sites (N-methyl/N-ethyl adjacent to an activating group) is 1. The van der Waals surface area contributed by atoms with Crippen molar-refractivity contribution in [1.82, 2.24) is 15.0 Å². The van der Waals surface area contributed by atoms with Crippen molar-refractivity contribution >= 4 is 11.7 Å². The van der Waals surface area contributed by atoms with Crippen molar-refractivity contribution in [3.63, 3.8) is 0 Å². The summed E-state index contributed by atoms with van der Waals surface area (Å²) in [6, 6.07) is 6.84. The molecular formula is C12H14N4O3. The Bertz CT molecular complexity index is 565. The molecule has 0 spiro atoms. The van der Waals surface area contributed by atoms with Gasteiger partial charge < -0.3 is 15.1 Å². The van der Waals surface area contributed by atoms with E-state index in [0.717, 1.165) is 5.69 Å². The lowest BCUT2D eigenvalue weighted by molar-refractivity contribution is 0.0690. The molecule has 19 heavy (non-hydrogen) atoms. The van der Waals surface area contributed by atoms with E-state index >= 15 is 0 Å². The van der Waals surface area contributed by atoms with Crippen LogP contribution in [0, 0.1) is 0 Å². The van der Waals surface area contributed by atoms with E-state index in [2.05, 4.69) is 10.3 Å². The van der Waals surface area contributed by atoms with Crippen molar-refractivity contribution in [2.24, 2.45) is 0 Å². The molecule has 7 nitrogen and oxygen atoms in total. The van der Waals surface area contributed by atoms with Crippen LogP contribution in [0.5, 0.6) is 5.75 Å². The molecule has 2 rings (SSSR count). The van der Waals surface area contributed by atoms with E-state index in [1.54, 1.807) is 24.3 Å². The third kappa shape index (κ3) is 3.21. The summed E-state index contributed by atoms with van der Waals surface area (Å²) in [4.78, 5) is 12.6. The Morgan fingerprint density at radius 1 is 1.37 bits per heavy atom. The minimum atomic E-state index is -1.09. The summed E-state index contributed by atoms with van der Waals surface area (Å²) in [5.41, 5.74) is 0.892. The van der Waals surface area contributed by atoms with Gasteiger partial charge in [0.15, 0.2) is 5.69 Å². The second-order valence-electron chi connectivity index (χ2n) is 4.11. The third-order valence-corrected chi connectivity index (χ3v) is 2.71. The van der Waals surface area contributed by atoms with Crippen LogP contribution in [0.4, 0.5) is 5.69 Å². The van der Waals surface area contributed by atoms with E-state index < -0.39 is 5.97 Å². The molecule has 2 aromatic rings. The minimum absolute atomic E-state index is 0.0627. The fourth-order valence-corrected chi connectivity index (χ4v) is 1.59. The second-order valence-corrected chi connectivity index (χ2v) is 4.11. The Balaban J connectivity index is 1.94. The lowest BCUT2D eigenvalue weighted by Gasteiger charge is -2.18. The zero-order valence-corrected chi connectivity index (χ0v) is 10.4. The van der Waals surface area contributed by atoms with Gasteiger partial charge in [0.25, 0.3) is 0 Å². The predicted molar refractivity (Wildman–Crippen MR) is 68.4 cm³/mol. The number of phenols is 1. The standard InChI is InChI=1S/C12H14N4O3/c1-15(9-2-4-10(17)5-3-9)6-7-16-8-11(12(18)19)13-14-16/h2-5,8,17H,6-7H2,1H3,(H,18,19). The third-order valence-electron chi connectivity index (χ3n) is 2.71. The molecular weight excluding hydrogens is 248 g/mol. The molecule has 1 aromatic heterocycles. The first kappa shape index (κ1) is 12.9. The van der Waals surface area contributed by atoms with Crippen LogP contribution in [0.3, 0.4) is 0 Å². The Morgan fingerprint density at radius 2 is 2.05 bits per heavy atom. The van der Waals surface area contributed by atoms with Gasteiger partial charge in [-0.2, -0.15) is 0 Å². The minimum Gasteiger partial charge on any atom is -0.508 e. The molecule has 0 radical (unpaired) electrons. The highest BCUT2D eigenvalue weighted by molar-refractivity contribution is 5.84. The van der Waals surface area contributed by atoms with Crippen LogP contribution in [0.15, 0.2) is 30.5 Å². The SMILES string of the molecule is CN(CCn1cc(C(=O)O)nn1)c1ccc(O)cc1. The molecule has 2 N–H and O–H groups in total. The van der Waals surface area contributed by atoms with E-state index in [0.29, 0.717) is 13.1 Å². The fourth-order valence-electron chi connectivity index (χ4n) is 1.59. The summed E-state index contributed by atoms with van der Waals surface area (Å²) >= 11 is 0. The van der Waals surface area contributed by atoms with Gasteiger partial charge in [-0.05, 0) is 24.3 Å². The van der Waals surface area contributed by atoms with Crippen LogP contribution in [-0.4, -0.2) is 44.8 Å². The molecule has 7 heteroatoms. The Hall–Kier alpha value is -2.57. The fraction of sp³-hybridized carbons (Fsp3) is 0.250. The maximum Gasteiger partial charge on any atom is 0.358 e. The number of aromatic carboxylic acids is 1. The molecule has 1 aromatic carbocycles. The summed E-state index contributed by atoms with van der Waals surface area (Å²) in [6.45, 7) is 1.17. The monoisotopic (exact) mass is 262 g/mol. The van der Waals surface area contributed by atoms with Gasteiger partial charge in [0.2, 0.25) is 0 Å². The van der Waals surface area contributed by atoms with Crippen LogP contribution >= 0.6 is 0 Å². The number of hydrogen-bond donors (Lipinski definition) is 2. The Kier molecular flexibility index (Phi) is 3.65. The molecule has 0 aliphatic carbocycles. The van der Waals surface area contributed by atoms with E-state index in [9.17, 15) is 9.90 Å². The molecule has 0 unspecified atom stereocenters. The van der Waals surface area contributed by atoms with Crippen LogP contribution < -0.4 is 4.90 Å². The number of nitrogens with zero attached hydrogens (tertiary/aromatic N) is 4. The number of carbonyl (C=O) groups is 1. The van der Waals surface area contributed by atoms with Gasteiger partial charge in [0.05, 0.1) is 12.7 Å². The number of aromatic hydroxyl groups is 1. The number of carboxylic acid groups (broad SMARTS) is 1. The van der Waals surface area contributed by atoms with Gasteiger partial charge in [0, 0.05) is 19.3 Å². The summed E-state index contributed by atoms with van der Waals surface area (Å²) in [6.07, 6.45) is 1.40. The van der Waals surface area contributed by atoms with E-state index in [1.807, 2.05) is 11.9 Å². The largest absolute Gasteiger partial charge is 0.508 e. The summed E-state index contributed by atoms with van der Waals surface area (Å²) < 4.78 is 1.49. The van der Waals surface area contributed by atoms with Crippen molar-refractivity contribution in [2.45, 2.75) is 6.54 Å². The molecule has 1 heterocycles. The summed E-state index contributed by atoms with van der Waals surface area (Å²) in [5.74, 6) is -0.863. The maximum atomic E-state index is 10.7. The van der Waals surface area contributed by atoms with Crippen LogP contribution in [-0.2, 0) is 6.54 Å². The average Bonchev–Trinajstić information content (AvgIpc) is 2.86. The molecule has 0 amide bonds. The maximum absolute atomic E-state index is 10.7. The number of hydrogen-bond acceptors (Lipinski definition) is 5. The van der Waals surface area contributed by atoms with Gasteiger partial charge in [-0.25, -0.2) is 9.48 Å². The van der Waals surface area contributed by atoms with Crippen LogP contribution in [0.25, 0.3) is 0 Å². The van der Waals surface area contributed by atoms with Crippen LogP contribution in [0.1, 0.15) is 10.5 Å². The second kappa shape index (κ2) is 5.38. The molecule has 0 saturated carbocycles. The first-order chi connectivity index (χ1) is 9.06. The molecule has 0 aliphatic heterocycles. The quantitative estimate of drug-likeness (QED) is 0.828. The summed E-state index contributed by atoms with van der Waals surface area (Å²) in [7, 11) is 1.90. The summed E-state index contributed by atoms with van der Waals surface area (Å²) in [5, 5.41) is 25.2. The zero-order chi connectivity index (χ0) is 13.8. The number of aromatic nitrogens is 3. The number of carboxylic acids is 1. The molecule has 0 saturated heterocycles. The van der Waals surface area contributed by atoms with Gasteiger partial charge in [-0.15, -0.1) is 5.10 Å². The van der Waals surface area contributed by atoms with E-state index in [4.69, 9.17) is 5.11 Å². The predicted octanol–water partition coefficient (Wildman–Crippen LogP) is 0.818. The average molecular weight is 262 g/mol. The van der Waals surface area contributed by atoms with Crippen molar-refractivity contribution in [3.05, 3.63) is 36.2 Å². The normalized spacial score (nSPS) is 10.4. The van der Waals surface area contributed by atoms with Crippen molar-refractivity contribution in [3.8, 4) is 5.75 Å². The van der Waals surface area contributed by atoms with Gasteiger partial charge in [-0.3, -0.25) is 0 Å². The van der Waals surface area contributed by atoms with Crippen molar-refractivity contribution in [1.29, 1.82) is 0 Å². The zero-order valence-electron chi connectivity index (χ0n) is 10.4. The van der Waals surface area contributed by atoms with Gasteiger partial charge >= 0.3 is 5.97 Å². The molecule has 0 fully saturated rings. The lowest BCUT2D eigenvalue weighted by atomic mass is 10.3. The van der Waals surface area contributed by atoms with Crippen molar-refractivity contribution in [2.75, 3.05) is 18.5 Å². The first-order valence-electron chi connectivity index (χ1n) is 5.70. The highest BCUT2D eigenvalue weighted by Gasteiger charge is 2.08. The van der Waals surface area contributed by atoms with Gasteiger partial charge in [0.1, 0.15) is 5.75 Å².